The number of ketones is 1. The van der Waals surface area contributed by atoms with Crippen LogP contribution in [0.5, 0.6) is 0 Å². The van der Waals surface area contributed by atoms with Gasteiger partial charge in [0, 0.05) is 60.0 Å². The number of carbonyl (C=O) groups excluding carboxylic acids is 1. The normalized spacial score (nSPS) is 21.9. The van der Waals surface area contributed by atoms with Crippen molar-refractivity contribution in [2.75, 3.05) is 18.0 Å². The lowest BCUT2D eigenvalue weighted by Crippen LogP contribution is -2.55. The number of aliphatic hydroxyl groups is 1. The van der Waals surface area contributed by atoms with Gasteiger partial charge in [-0.3, -0.25) is 9.78 Å². The van der Waals surface area contributed by atoms with E-state index >= 15 is 0 Å². The van der Waals surface area contributed by atoms with Gasteiger partial charge >= 0.3 is 0 Å². The predicted octanol–water partition coefficient (Wildman–Crippen LogP) is 3.21. The zero-order valence-corrected chi connectivity index (χ0v) is 18.2. The van der Waals surface area contributed by atoms with Crippen LogP contribution in [-0.2, 0) is 12.8 Å². The maximum Gasteiger partial charge on any atom is 0.185 e. The smallest absolute Gasteiger partial charge is 0.185 e. The molecule has 158 valence electrons. The topological polar surface area (TPSA) is 92.3 Å². The van der Waals surface area contributed by atoms with Crippen molar-refractivity contribution in [3.63, 3.8) is 0 Å². The number of aryl methyl sites for hydroxylation is 1. The average molecular weight is 425 g/mol. The van der Waals surface area contributed by atoms with Crippen molar-refractivity contribution in [2.45, 2.75) is 45.3 Å². The second-order valence-electron chi connectivity index (χ2n) is 8.18. The van der Waals surface area contributed by atoms with Crippen LogP contribution in [0, 0.1) is 5.92 Å². The molecule has 0 aliphatic carbocycles. The standard InChI is InChI=1S/C23H28N4O2S/c1-3-4-16-10-19-22(30-16)6-5-18(26-19)21(28)9-15-11-25-8-7-20(15)27-12-14(2)23(29)17(24)13-27/h5-8,10-11,14,17,23,29H,3-4,9,12-13,24H2,1-2H3/t14-,17+,23+/m0/s1. The highest BCUT2D eigenvalue weighted by molar-refractivity contribution is 7.19. The van der Waals surface area contributed by atoms with Crippen LogP contribution in [0.3, 0.4) is 0 Å². The highest BCUT2D eigenvalue weighted by Crippen LogP contribution is 2.28. The van der Waals surface area contributed by atoms with Crippen LogP contribution in [0.1, 0.15) is 41.2 Å². The fourth-order valence-electron chi connectivity index (χ4n) is 4.14. The van der Waals surface area contributed by atoms with Gasteiger partial charge in [0.2, 0.25) is 0 Å². The van der Waals surface area contributed by atoms with Gasteiger partial charge in [0.1, 0.15) is 5.69 Å². The van der Waals surface area contributed by atoms with E-state index in [1.807, 2.05) is 25.1 Å². The van der Waals surface area contributed by atoms with Crippen molar-refractivity contribution in [1.82, 2.24) is 9.97 Å². The van der Waals surface area contributed by atoms with E-state index in [9.17, 15) is 9.90 Å². The number of aliphatic hydroxyl groups excluding tert-OH is 1. The highest BCUT2D eigenvalue weighted by atomic mass is 32.1. The molecule has 7 heteroatoms. The van der Waals surface area contributed by atoms with Crippen LogP contribution in [0.4, 0.5) is 5.69 Å². The number of hydrogen-bond donors (Lipinski definition) is 2. The first kappa shape index (κ1) is 20.9. The summed E-state index contributed by atoms with van der Waals surface area (Å²) < 4.78 is 1.12. The monoisotopic (exact) mass is 424 g/mol. The molecule has 0 saturated carbocycles. The summed E-state index contributed by atoms with van der Waals surface area (Å²) in [6.45, 7) is 5.40. The van der Waals surface area contributed by atoms with E-state index in [0.717, 1.165) is 34.3 Å². The van der Waals surface area contributed by atoms with Crippen LogP contribution >= 0.6 is 11.3 Å². The van der Waals surface area contributed by atoms with Crippen molar-refractivity contribution in [1.29, 1.82) is 0 Å². The van der Waals surface area contributed by atoms with Crippen molar-refractivity contribution in [3.05, 3.63) is 52.8 Å². The molecule has 0 radical (unpaired) electrons. The summed E-state index contributed by atoms with van der Waals surface area (Å²) in [5.74, 6) is 0.0363. The number of anilines is 1. The molecule has 4 heterocycles. The van der Waals surface area contributed by atoms with Gasteiger partial charge in [0.15, 0.2) is 5.78 Å². The maximum absolute atomic E-state index is 13.0. The Bertz CT molecular complexity index is 1040. The second-order valence-corrected chi connectivity index (χ2v) is 9.35. The summed E-state index contributed by atoms with van der Waals surface area (Å²) >= 11 is 1.75. The van der Waals surface area contributed by atoms with E-state index in [0.29, 0.717) is 18.8 Å². The van der Waals surface area contributed by atoms with Crippen LogP contribution in [0.15, 0.2) is 36.7 Å². The third-order valence-corrected chi connectivity index (χ3v) is 6.89. The summed E-state index contributed by atoms with van der Waals surface area (Å²) in [6.07, 6.45) is 5.34. The minimum atomic E-state index is -0.507. The Kier molecular flexibility index (Phi) is 6.13. The molecule has 0 aromatic carbocycles. The Labute approximate surface area is 180 Å². The van der Waals surface area contributed by atoms with Crippen LogP contribution in [0.25, 0.3) is 10.2 Å². The maximum atomic E-state index is 13.0. The molecular weight excluding hydrogens is 396 g/mol. The first-order valence-corrected chi connectivity index (χ1v) is 11.3. The van der Waals surface area contributed by atoms with E-state index in [1.54, 1.807) is 23.7 Å². The van der Waals surface area contributed by atoms with Gasteiger partial charge in [-0.1, -0.05) is 20.3 Å². The van der Waals surface area contributed by atoms with E-state index in [2.05, 4.69) is 27.9 Å². The predicted molar refractivity (Wildman–Crippen MR) is 121 cm³/mol. The van der Waals surface area contributed by atoms with Crippen molar-refractivity contribution < 1.29 is 9.90 Å². The van der Waals surface area contributed by atoms with E-state index in [1.165, 1.54) is 4.88 Å². The number of hydrogen-bond acceptors (Lipinski definition) is 7. The summed E-state index contributed by atoms with van der Waals surface area (Å²) in [5.41, 5.74) is 9.32. The molecular formula is C23H28N4O2S. The molecule has 0 spiro atoms. The zero-order valence-electron chi connectivity index (χ0n) is 17.4. The van der Waals surface area contributed by atoms with Crippen LogP contribution in [0.2, 0.25) is 0 Å². The Hall–Kier alpha value is -2.35. The Morgan fingerprint density at radius 1 is 1.33 bits per heavy atom. The Balaban J connectivity index is 1.56. The molecule has 6 nitrogen and oxygen atoms in total. The van der Waals surface area contributed by atoms with Gasteiger partial charge in [-0.2, -0.15) is 0 Å². The number of nitrogens with two attached hydrogens (primary N) is 1. The molecule has 3 atom stereocenters. The average Bonchev–Trinajstić information content (AvgIpc) is 3.14. The summed E-state index contributed by atoms with van der Waals surface area (Å²) in [7, 11) is 0. The fraction of sp³-hybridized carbons (Fsp3) is 0.435. The fourth-order valence-corrected chi connectivity index (χ4v) is 5.24. The molecule has 30 heavy (non-hydrogen) atoms. The number of aromatic nitrogens is 2. The minimum absolute atomic E-state index is 0.0243. The molecule has 0 amide bonds. The molecule has 3 aromatic heterocycles. The lowest BCUT2D eigenvalue weighted by molar-refractivity contribution is 0.0784. The molecule has 1 aliphatic rings. The van der Waals surface area contributed by atoms with Gasteiger partial charge in [0.05, 0.1) is 16.3 Å². The summed E-state index contributed by atoms with van der Waals surface area (Å²) in [4.78, 5) is 25.3. The number of piperidine rings is 1. The largest absolute Gasteiger partial charge is 0.391 e. The number of thiophene rings is 1. The first-order chi connectivity index (χ1) is 14.5. The zero-order chi connectivity index (χ0) is 21.3. The molecule has 1 fully saturated rings. The van der Waals surface area contributed by atoms with Gasteiger partial charge in [-0.05, 0) is 30.7 Å². The molecule has 3 aromatic rings. The van der Waals surface area contributed by atoms with Gasteiger partial charge in [0.25, 0.3) is 0 Å². The van der Waals surface area contributed by atoms with Gasteiger partial charge in [-0.15, -0.1) is 11.3 Å². The number of nitrogens with zero attached hydrogens (tertiary/aromatic N) is 3. The van der Waals surface area contributed by atoms with Crippen molar-refractivity contribution >= 4 is 33.0 Å². The van der Waals surface area contributed by atoms with Gasteiger partial charge < -0.3 is 15.7 Å². The molecule has 0 unspecified atom stereocenters. The SMILES string of the molecule is CCCc1cc2nc(C(=O)Cc3cnccc3N3C[C@@H](N)[C@H](O)[C@@H](C)C3)ccc2s1. The number of carbonyl (C=O) groups is 1. The third-order valence-electron chi connectivity index (χ3n) is 5.74. The summed E-state index contributed by atoms with van der Waals surface area (Å²) in [5, 5.41) is 10.2. The molecule has 0 bridgehead atoms. The highest BCUT2D eigenvalue weighted by Gasteiger charge is 2.31. The Morgan fingerprint density at radius 2 is 2.17 bits per heavy atom. The Morgan fingerprint density at radius 3 is 2.93 bits per heavy atom. The lowest BCUT2D eigenvalue weighted by Gasteiger charge is -2.40. The third kappa shape index (κ3) is 4.24. The first-order valence-electron chi connectivity index (χ1n) is 10.5. The van der Waals surface area contributed by atoms with E-state index < -0.39 is 6.10 Å². The number of Topliss-reactive ketones (excluding diaryl/α,β-unsaturated/α-hetero) is 1. The van der Waals surface area contributed by atoms with E-state index in [-0.39, 0.29) is 24.2 Å². The molecule has 3 N–H and O–H groups in total. The number of rotatable bonds is 6. The quantitative estimate of drug-likeness (QED) is 0.591. The number of pyridine rings is 2. The van der Waals surface area contributed by atoms with Crippen molar-refractivity contribution in [2.24, 2.45) is 11.7 Å². The minimum Gasteiger partial charge on any atom is -0.391 e. The molecule has 4 rings (SSSR count). The molecule has 1 aliphatic heterocycles. The summed E-state index contributed by atoms with van der Waals surface area (Å²) in [6, 6.07) is 7.52. The van der Waals surface area contributed by atoms with Gasteiger partial charge in [-0.25, -0.2) is 4.98 Å². The van der Waals surface area contributed by atoms with Crippen LogP contribution in [-0.4, -0.2) is 46.1 Å². The van der Waals surface area contributed by atoms with Crippen molar-refractivity contribution in [3.8, 4) is 0 Å². The second kappa shape index (κ2) is 8.79. The van der Waals surface area contributed by atoms with Crippen LogP contribution < -0.4 is 10.6 Å². The van der Waals surface area contributed by atoms with E-state index in [4.69, 9.17) is 5.73 Å². The lowest BCUT2D eigenvalue weighted by atomic mass is 9.92. The molecule has 1 saturated heterocycles. The number of fused-ring (bicyclic) bond motifs is 1.